The molecule has 0 radical (unpaired) electrons. The highest BCUT2D eigenvalue weighted by Crippen LogP contribution is 2.28. The molecule has 88 valence electrons. The molecule has 0 fully saturated rings. The maximum Gasteiger partial charge on any atom is 0.298 e. The van der Waals surface area contributed by atoms with Crippen LogP contribution in [0.1, 0.15) is 11.4 Å². The third-order valence-corrected chi connectivity index (χ3v) is 2.84. The zero-order valence-corrected chi connectivity index (χ0v) is 10.3. The molecule has 17 heavy (non-hydrogen) atoms. The number of allylic oxidation sites excluding steroid dienone is 1. The van der Waals surface area contributed by atoms with Gasteiger partial charge in [0.05, 0.1) is 0 Å². The summed E-state index contributed by atoms with van der Waals surface area (Å²) in [5, 5.41) is 0.539. The number of benzene rings is 1. The van der Waals surface area contributed by atoms with Crippen LogP contribution in [-0.2, 0) is 6.42 Å². The van der Waals surface area contributed by atoms with Crippen LogP contribution in [0.25, 0.3) is 0 Å². The molecular weight excluding hydrogens is 234 g/mol. The molecule has 5 heteroatoms. The van der Waals surface area contributed by atoms with Gasteiger partial charge in [0, 0.05) is 22.8 Å². The van der Waals surface area contributed by atoms with E-state index in [-0.39, 0.29) is 0 Å². The first kappa shape index (κ1) is 11.6. The number of nitrogens with two attached hydrogens (primary N) is 1. The van der Waals surface area contributed by atoms with Crippen LogP contribution in [-0.4, -0.2) is 9.36 Å². The molecule has 0 amide bonds. The van der Waals surface area contributed by atoms with E-state index in [9.17, 15) is 0 Å². The van der Waals surface area contributed by atoms with Crippen molar-refractivity contribution in [1.29, 1.82) is 0 Å². The largest absolute Gasteiger partial charge is 0.430 e. The zero-order chi connectivity index (χ0) is 12.3. The van der Waals surface area contributed by atoms with Gasteiger partial charge in [0.15, 0.2) is 0 Å². The Balaban J connectivity index is 2.28. The topological polar surface area (TPSA) is 61.0 Å². The van der Waals surface area contributed by atoms with Crippen molar-refractivity contribution in [2.45, 2.75) is 13.3 Å². The monoisotopic (exact) mass is 247 g/mol. The number of rotatable bonds is 4. The van der Waals surface area contributed by atoms with Gasteiger partial charge in [-0.2, -0.15) is 9.36 Å². The van der Waals surface area contributed by atoms with E-state index in [4.69, 9.17) is 10.5 Å². The summed E-state index contributed by atoms with van der Waals surface area (Å²) >= 11 is 1.23. The minimum absolute atomic E-state index is 0.539. The van der Waals surface area contributed by atoms with Gasteiger partial charge in [0.2, 0.25) is 0 Å². The Kier molecular flexibility index (Phi) is 3.39. The second-order valence-corrected chi connectivity index (χ2v) is 4.28. The van der Waals surface area contributed by atoms with Crippen LogP contribution in [0.15, 0.2) is 30.9 Å². The standard InChI is InChI=1S/C12H13N3OS/c1-3-4-9-7-10(13)5-6-11(9)16-12-14-8(2)15-17-12/h3,5-7H,1,4,13H2,2H3. The first-order chi connectivity index (χ1) is 8.19. The van der Waals surface area contributed by atoms with E-state index in [1.165, 1.54) is 11.5 Å². The van der Waals surface area contributed by atoms with E-state index in [1.54, 1.807) is 6.07 Å². The fourth-order valence-corrected chi connectivity index (χ4v) is 1.98. The molecular formula is C12H13N3OS. The SMILES string of the molecule is C=CCc1cc(N)ccc1Oc1nc(C)ns1. The molecule has 0 aliphatic heterocycles. The number of nitrogen functional groups attached to an aromatic ring is 1. The van der Waals surface area contributed by atoms with Crippen molar-refractivity contribution in [3.05, 3.63) is 42.2 Å². The van der Waals surface area contributed by atoms with Gasteiger partial charge < -0.3 is 10.5 Å². The van der Waals surface area contributed by atoms with Crippen molar-refractivity contribution in [1.82, 2.24) is 9.36 Å². The molecule has 1 aromatic carbocycles. The molecule has 0 atom stereocenters. The Morgan fingerprint density at radius 2 is 2.35 bits per heavy atom. The van der Waals surface area contributed by atoms with Crippen molar-refractivity contribution < 1.29 is 4.74 Å². The number of anilines is 1. The lowest BCUT2D eigenvalue weighted by molar-refractivity contribution is 0.473. The molecule has 2 N–H and O–H groups in total. The normalized spacial score (nSPS) is 10.2. The molecule has 0 saturated heterocycles. The number of aryl methyl sites for hydroxylation is 1. The lowest BCUT2D eigenvalue weighted by atomic mass is 10.1. The fraction of sp³-hybridized carbons (Fsp3) is 0.167. The Labute approximate surface area is 104 Å². The first-order valence-corrected chi connectivity index (χ1v) is 5.94. The highest BCUT2D eigenvalue weighted by Gasteiger charge is 2.07. The van der Waals surface area contributed by atoms with E-state index in [0.29, 0.717) is 23.1 Å². The first-order valence-electron chi connectivity index (χ1n) is 5.16. The average molecular weight is 247 g/mol. The molecule has 4 nitrogen and oxygen atoms in total. The third kappa shape index (κ3) is 2.82. The van der Waals surface area contributed by atoms with Crippen molar-refractivity contribution in [2.75, 3.05) is 5.73 Å². The van der Waals surface area contributed by atoms with E-state index >= 15 is 0 Å². The molecule has 0 aliphatic rings. The number of hydrogen-bond acceptors (Lipinski definition) is 5. The maximum atomic E-state index is 5.74. The lowest BCUT2D eigenvalue weighted by Gasteiger charge is -2.07. The minimum Gasteiger partial charge on any atom is -0.430 e. The van der Waals surface area contributed by atoms with Gasteiger partial charge >= 0.3 is 0 Å². The summed E-state index contributed by atoms with van der Waals surface area (Å²) < 4.78 is 9.75. The summed E-state index contributed by atoms with van der Waals surface area (Å²) in [7, 11) is 0. The van der Waals surface area contributed by atoms with Gasteiger partial charge in [-0.1, -0.05) is 6.08 Å². The number of aromatic nitrogens is 2. The predicted octanol–water partition coefficient (Wildman–Crippen LogP) is 2.95. The molecule has 0 saturated carbocycles. The summed E-state index contributed by atoms with van der Waals surface area (Å²) in [4.78, 5) is 4.16. The fourth-order valence-electron chi connectivity index (χ4n) is 1.43. The second-order valence-electron chi connectivity index (χ2n) is 3.57. The third-order valence-electron chi connectivity index (χ3n) is 2.16. The summed E-state index contributed by atoms with van der Waals surface area (Å²) in [6, 6.07) is 5.52. The average Bonchev–Trinajstić information content (AvgIpc) is 2.69. The summed E-state index contributed by atoms with van der Waals surface area (Å²) in [6.45, 7) is 5.55. The smallest absolute Gasteiger partial charge is 0.298 e. The van der Waals surface area contributed by atoms with E-state index in [1.807, 2.05) is 25.1 Å². The zero-order valence-electron chi connectivity index (χ0n) is 9.51. The molecule has 2 rings (SSSR count). The highest BCUT2D eigenvalue weighted by atomic mass is 32.1. The number of hydrogen-bond donors (Lipinski definition) is 1. The Hall–Kier alpha value is -1.88. The van der Waals surface area contributed by atoms with Crippen molar-refractivity contribution in [3.8, 4) is 10.9 Å². The van der Waals surface area contributed by atoms with Crippen molar-refractivity contribution >= 4 is 17.2 Å². The van der Waals surface area contributed by atoms with Crippen LogP contribution < -0.4 is 10.5 Å². The number of nitrogens with zero attached hydrogens (tertiary/aromatic N) is 2. The van der Waals surface area contributed by atoms with Gasteiger partial charge in [0.1, 0.15) is 11.6 Å². The van der Waals surface area contributed by atoms with Crippen molar-refractivity contribution in [3.63, 3.8) is 0 Å². The van der Waals surface area contributed by atoms with Crippen molar-refractivity contribution in [2.24, 2.45) is 0 Å². The van der Waals surface area contributed by atoms with E-state index in [2.05, 4.69) is 15.9 Å². The van der Waals surface area contributed by atoms with Crippen LogP contribution in [0.5, 0.6) is 10.9 Å². The highest BCUT2D eigenvalue weighted by molar-refractivity contribution is 7.07. The van der Waals surface area contributed by atoms with Gasteiger partial charge in [-0.3, -0.25) is 0 Å². The van der Waals surface area contributed by atoms with Gasteiger partial charge in [-0.15, -0.1) is 6.58 Å². The molecule has 0 unspecified atom stereocenters. The molecule has 1 aromatic heterocycles. The second kappa shape index (κ2) is 4.97. The summed E-state index contributed by atoms with van der Waals surface area (Å²) in [5.74, 6) is 1.46. The molecule has 2 aromatic rings. The molecule has 0 aliphatic carbocycles. The van der Waals surface area contributed by atoms with E-state index in [0.717, 1.165) is 11.3 Å². The Morgan fingerprint density at radius 3 is 3.00 bits per heavy atom. The Morgan fingerprint density at radius 1 is 1.53 bits per heavy atom. The van der Waals surface area contributed by atoms with Crippen LogP contribution in [0.4, 0.5) is 5.69 Å². The van der Waals surface area contributed by atoms with Crippen LogP contribution >= 0.6 is 11.5 Å². The van der Waals surface area contributed by atoms with Gasteiger partial charge in [-0.05, 0) is 31.5 Å². The van der Waals surface area contributed by atoms with Gasteiger partial charge in [0.25, 0.3) is 5.19 Å². The van der Waals surface area contributed by atoms with E-state index < -0.39 is 0 Å². The molecule has 0 bridgehead atoms. The summed E-state index contributed by atoms with van der Waals surface area (Å²) in [6.07, 6.45) is 2.52. The van der Waals surface area contributed by atoms with Crippen LogP contribution in [0.2, 0.25) is 0 Å². The summed E-state index contributed by atoms with van der Waals surface area (Å²) in [5.41, 5.74) is 7.44. The predicted molar refractivity (Wildman–Crippen MR) is 69.5 cm³/mol. The quantitative estimate of drug-likeness (QED) is 0.666. The van der Waals surface area contributed by atoms with Crippen LogP contribution in [0.3, 0.4) is 0 Å². The minimum atomic E-state index is 0.539. The number of ether oxygens (including phenoxy) is 1. The lowest BCUT2D eigenvalue weighted by Crippen LogP contribution is -1.93. The molecule has 0 spiro atoms. The maximum absolute atomic E-state index is 5.74. The molecule has 1 heterocycles. The van der Waals surface area contributed by atoms with Gasteiger partial charge in [-0.25, -0.2) is 0 Å². The Bertz CT molecular complexity index is 536. The van der Waals surface area contributed by atoms with Crippen LogP contribution in [0, 0.1) is 6.92 Å².